The molecule has 1 saturated heterocycles. The van der Waals surface area contributed by atoms with Crippen LogP contribution in [-0.4, -0.2) is 26.7 Å². The molecule has 0 bridgehead atoms. The molecule has 17 heavy (non-hydrogen) atoms. The van der Waals surface area contributed by atoms with Crippen molar-refractivity contribution in [3.05, 3.63) is 28.8 Å². The van der Waals surface area contributed by atoms with Crippen molar-refractivity contribution in [3.63, 3.8) is 0 Å². The van der Waals surface area contributed by atoms with Crippen molar-refractivity contribution in [2.75, 3.05) is 26.7 Å². The number of hydrogen-bond donors (Lipinski definition) is 2. The Hall–Kier alpha value is -0.770. The summed E-state index contributed by atoms with van der Waals surface area (Å²) in [7, 11) is 1.73. The van der Waals surface area contributed by atoms with E-state index >= 15 is 0 Å². The standard InChI is InChI=1S/C13H20N2O.ClH/c1-9-6-11(7-10(2)13(9)16-3)12-8-14-4-5-15-12;/h6-7,12,14-15H,4-5,8H2,1-3H3;1H/t12-;/m1./s1. The molecule has 4 heteroatoms. The first kappa shape index (κ1) is 14.3. The van der Waals surface area contributed by atoms with Gasteiger partial charge in [-0.25, -0.2) is 0 Å². The number of rotatable bonds is 2. The van der Waals surface area contributed by atoms with E-state index in [0.29, 0.717) is 6.04 Å². The second-order valence-corrected chi connectivity index (χ2v) is 4.40. The van der Waals surface area contributed by atoms with Crippen LogP contribution in [-0.2, 0) is 0 Å². The van der Waals surface area contributed by atoms with Gasteiger partial charge >= 0.3 is 0 Å². The molecule has 0 saturated carbocycles. The van der Waals surface area contributed by atoms with Gasteiger partial charge in [-0.3, -0.25) is 0 Å². The molecule has 2 rings (SSSR count). The minimum atomic E-state index is 0. The maximum atomic E-state index is 5.38. The number of halogens is 1. The predicted octanol–water partition coefficient (Wildman–Crippen LogP) is 1.97. The average molecular weight is 257 g/mol. The first-order valence-electron chi connectivity index (χ1n) is 5.81. The Balaban J connectivity index is 0.00000144. The third kappa shape index (κ3) is 3.12. The molecular formula is C13H21ClN2O. The van der Waals surface area contributed by atoms with Crippen LogP contribution in [0.4, 0.5) is 0 Å². The van der Waals surface area contributed by atoms with E-state index in [1.165, 1.54) is 16.7 Å². The Bertz CT molecular complexity index is 353. The molecule has 0 amide bonds. The SMILES string of the molecule is COc1c(C)cc([C@H]2CNCCN2)cc1C.Cl. The third-order valence-corrected chi connectivity index (χ3v) is 3.13. The van der Waals surface area contributed by atoms with Crippen LogP contribution < -0.4 is 15.4 Å². The Morgan fingerprint density at radius 1 is 1.18 bits per heavy atom. The lowest BCUT2D eigenvalue weighted by molar-refractivity contribution is 0.405. The molecule has 0 unspecified atom stereocenters. The van der Waals surface area contributed by atoms with Crippen LogP contribution in [0.15, 0.2) is 12.1 Å². The zero-order valence-corrected chi connectivity index (χ0v) is 11.5. The molecule has 1 aliphatic rings. The van der Waals surface area contributed by atoms with Gasteiger partial charge in [-0.15, -0.1) is 12.4 Å². The number of nitrogens with one attached hydrogen (secondary N) is 2. The summed E-state index contributed by atoms with van der Waals surface area (Å²) in [4.78, 5) is 0. The fraction of sp³-hybridized carbons (Fsp3) is 0.538. The van der Waals surface area contributed by atoms with Crippen molar-refractivity contribution < 1.29 is 4.74 Å². The van der Waals surface area contributed by atoms with Gasteiger partial charge in [0, 0.05) is 25.7 Å². The molecule has 2 N–H and O–H groups in total. The van der Waals surface area contributed by atoms with Crippen LogP contribution in [0.2, 0.25) is 0 Å². The van der Waals surface area contributed by atoms with E-state index in [1.54, 1.807) is 7.11 Å². The van der Waals surface area contributed by atoms with E-state index in [4.69, 9.17) is 4.74 Å². The van der Waals surface area contributed by atoms with E-state index in [0.717, 1.165) is 25.4 Å². The summed E-state index contributed by atoms with van der Waals surface area (Å²) in [6, 6.07) is 4.87. The molecule has 1 aromatic rings. The van der Waals surface area contributed by atoms with Crippen LogP contribution in [0.5, 0.6) is 5.75 Å². The van der Waals surface area contributed by atoms with Gasteiger partial charge in [-0.05, 0) is 30.5 Å². The lowest BCUT2D eigenvalue weighted by atomic mass is 9.99. The number of methoxy groups -OCH3 is 1. The molecule has 96 valence electrons. The summed E-state index contributed by atoms with van der Waals surface area (Å²) in [6.45, 7) is 7.31. The van der Waals surface area contributed by atoms with Crippen molar-refractivity contribution in [2.24, 2.45) is 0 Å². The number of hydrogen-bond acceptors (Lipinski definition) is 3. The Labute approximate surface area is 109 Å². The molecule has 1 aliphatic heterocycles. The van der Waals surface area contributed by atoms with Crippen LogP contribution in [0.25, 0.3) is 0 Å². The van der Waals surface area contributed by atoms with E-state index in [1.807, 2.05) is 0 Å². The monoisotopic (exact) mass is 256 g/mol. The van der Waals surface area contributed by atoms with Crippen molar-refractivity contribution in [3.8, 4) is 5.75 Å². The van der Waals surface area contributed by atoms with E-state index in [9.17, 15) is 0 Å². The van der Waals surface area contributed by atoms with Gasteiger partial charge in [-0.1, -0.05) is 12.1 Å². The molecule has 0 spiro atoms. The third-order valence-electron chi connectivity index (χ3n) is 3.13. The number of piperazine rings is 1. The van der Waals surface area contributed by atoms with Crippen molar-refractivity contribution in [2.45, 2.75) is 19.9 Å². The summed E-state index contributed by atoms with van der Waals surface area (Å²) >= 11 is 0. The largest absolute Gasteiger partial charge is 0.496 e. The highest BCUT2D eigenvalue weighted by Gasteiger charge is 2.16. The van der Waals surface area contributed by atoms with Crippen LogP contribution >= 0.6 is 12.4 Å². The molecule has 0 radical (unpaired) electrons. The Morgan fingerprint density at radius 3 is 2.29 bits per heavy atom. The number of ether oxygens (including phenoxy) is 1. The Kier molecular flexibility index (Phi) is 5.25. The predicted molar refractivity (Wildman–Crippen MR) is 73.3 cm³/mol. The van der Waals surface area contributed by atoms with Gasteiger partial charge in [-0.2, -0.15) is 0 Å². The molecule has 1 atom stereocenters. The smallest absolute Gasteiger partial charge is 0.124 e. The Morgan fingerprint density at radius 2 is 1.82 bits per heavy atom. The highest BCUT2D eigenvalue weighted by molar-refractivity contribution is 5.85. The van der Waals surface area contributed by atoms with Gasteiger partial charge < -0.3 is 15.4 Å². The molecule has 1 heterocycles. The quantitative estimate of drug-likeness (QED) is 0.849. The molecule has 3 nitrogen and oxygen atoms in total. The summed E-state index contributed by atoms with van der Waals surface area (Å²) in [5.74, 6) is 1.01. The zero-order chi connectivity index (χ0) is 11.5. The topological polar surface area (TPSA) is 33.3 Å². The van der Waals surface area contributed by atoms with E-state index in [-0.39, 0.29) is 12.4 Å². The molecule has 1 aromatic carbocycles. The lowest BCUT2D eigenvalue weighted by Crippen LogP contribution is -2.42. The normalized spacial score (nSPS) is 19.6. The van der Waals surface area contributed by atoms with Gasteiger partial charge in [0.05, 0.1) is 7.11 Å². The number of aryl methyl sites for hydroxylation is 2. The minimum Gasteiger partial charge on any atom is -0.496 e. The van der Waals surface area contributed by atoms with Crippen molar-refractivity contribution in [1.82, 2.24) is 10.6 Å². The second kappa shape index (κ2) is 6.24. The first-order chi connectivity index (χ1) is 7.72. The minimum absolute atomic E-state index is 0. The van der Waals surface area contributed by atoms with E-state index in [2.05, 4.69) is 36.6 Å². The maximum Gasteiger partial charge on any atom is 0.124 e. The summed E-state index contributed by atoms with van der Waals surface area (Å²) in [6.07, 6.45) is 0. The highest BCUT2D eigenvalue weighted by Crippen LogP contribution is 2.27. The number of benzene rings is 1. The first-order valence-corrected chi connectivity index (χ1v) is 5.81. The zero-order valence-electron chi connectivity index (χ0n) is 10.7. The fourth-order valence-corrected chi connectivity index (χ4v) is 2.40. The van der Waals surface area contributed by atoms with Crippen molar-refractivity contribution >= 4 is 12.4 Å². The molecule has 1 fully saturated rings. The van der Waals surface area contributed by atoms with Gasteiger partial charge in [0.25, 0.3) is 0 Å². The summed E-state index contributed by atoms with van der Waals surface area (Å²) in [5.41, 5.74) is 3.78. The molecule has 0 aliphatic carbocycles. The molecular weight excluding hydrogens is 236 g/mol. The van der Waals surface area contributed by atoms with Crippen LogP contribution in [0, 0.1) is 13.8 Å². The fourth-order valence-electron chi connectivity index (χ4n) is 2.40. The average Bonchev–Trinajstić information content (AvgIpc) is 2.30. The van der Waals surface area contributed by atoms with E-state index < -0.39 is 0 Å². The van der Waals surface area contributed by atoms with Gasteiger partial charge in [0.15, 0.2) is 0 Å². The van der Waals surface area contributed by atoms with Crippen molar-refractivity contribution in [1.29, 1.82) is 0 Å². The van der Waals surface area contributed by atoms with Gasteiger partial charge in [0.2, 0.25) is 0 Å². The van der Waals surface area contributed by atoms with Crippen LogP contribution in [0.3, 0.4) is 0 Å². The van der Waals surface area contributed by atoms with Crippen LogP contribution in [0.1, 0.15) is 22.7 Å². The second-order valence-electron chi connectivity index (χ2n) is 4.40. The van der Waals surface area contributed by atoms with Gasteiger partial charge in [0.1, 0.15) is 5.75 Å². The summed E-state index contributed by atoms with van der Waals surface area (Å²) in [5, 5.41) is 6.93. The molecule has 0 aromatic heterocycles. The highest BCUT2D eigenvalue weighted by atomic mass is 35.5. The maximum absolute atomic E-state index is 5.38. The summed E-state index contributed by atoms with van der Waals surface area (Å²) < 4.78 is 5.38. The lowest BCUT2D eigenvalue weighted by Gasteiger charge is -2.26.